The second-order valence-corrected chi connectivity index (χ2v) is 6.43. The number of aromatic nitrogens is 2. The van der Waals surface area contributed by atoms with Gasteiger partial charge in [-0.05, 0) is 18.2 Å². The zero-order chi connectivity index (χ0) is 22.5. The van der Waals surface area contributed by atoms with Gasteiger partial charge >= 0.3 is 5.97 Å². The van der Waals surface area contributed by atoms with Crippen LogP contribution in [0.2, 0.25) is 0 Å². The minimum atomic E-state index is -1.06. The lowest BCUT2D eigenvalue weighted by molar-refractivity contribution is -0.140. The number of ether oxygens (including phenoxy) is 1. The number of pyridine rings is 2. The Labute approximate surface area is 174 Å². The Balaban J connectivity index is 1.95. The lowest BCUT2D eigenvalue weighted by Gasteiger charge is -2.16. The van der Waals surface area contributed by atoms with E-state index >= 15 is 0 Å². The number of carbonyl (C=O) groups excluding carboxylic acids is 2. The van der Waals surface area contributed by atoms with Crippen LogP contribution in [0.5, 0.6) is 0 Å². The van der Waals surface area contributed by atoms with Gasteiger partial charge in [0, 0.05) is 43.2 Å². The van der Waals surface area contributed by atoms with Crippen molar-refractivity contribution >= 4 is 28.6 Å². The van der Waals surface area contributed by atoms with Crippen molar-refractivity contribution in [2.45, 2.75) is 13.5 Å². The summed E-state index contributed by atoms with van der Waals surface area (Å²) in [5.41, 5.74) is -1.54. The summed E-state index contributed by atoms with van der Waals surface area (Å²) in [5, 5.41) is 15.7. The van der Waals surface area contributed by atoms with Gasteiger partial charge in [0.2, 0.25) is 0 Å². The van der Waals surface area contributed by atoms with Gasteiger partial charge < -0.3 is 20.6 Å². The van der Waals surface area contributed by atoms with Crippen LogP contribution in [0.25, 0.3) is 11.0 Å². The third kappa shape index (κ3) is 4.77. The molecule has 0 bridgehead atoms. The molecule has 0 spiro atoms. The van der Waals surface area contributed by atoms with Crippen LogP contribution in [0.15, 0.2) is 41.3 Å². The number of fused-ring (bicyclic) bond motifs is 1. The summed E-state index contributed by atoms with van der Waals surface area (Å²) in [5.74, 6) is -3.03. The molecule has 0 fully saturated rings. The average Bonchev–Trinajstić information content (AvgIpc) is 2.73. The number of halogens is 2. The van der Waals surface area contributed by atoms with Gasteiger partial charge in [-0.25, -0.2) is 13.8 Å². The first kappa shape index (κ1) is 21.7. The number of nitrogens with zero attached hydrogens (tertiary/aromatic N) is 2. The van der Waals surface area contributed by atoms with Crippen LogP contribution in [0, 0.1) is 11.6 Å². The molecule has 0 radical (unpaired) electrons. The first-order chi connectivity index (χ1) is 14.8. The molecular formula is C20H18F2N4O5. The van der Waals surface area contributed by atoms with E-state index in [1.165, 1.54) is 19.2 Å². The van der Waals surface area contributed by atoms with E-state index in [4.69, 9.17) is 4.74 Å². The number of carbonyl (C=O) groups is 2. The van der Waals surface area contributed by atoms with Crippen LogP contribution >= 0.6 is 0 Å². The molecule has 3 N–H and O–H groups in total. The molecule has 2 heterocycles. The SMILES string of the molecule is CC(=O)OCCNc1c(C(=O)NCc2ccc(F)cc2F)c(=O)n(O)c2ncccc12. The minimum absolute atomic E-state index is 0.00546. The van der Waals surface area contributed by atoms with Crippen LogP contribution in [0.3, 0.4) is 0 Å². The van der Waals surface area contributed by atoms with Gasteiger partial charge in [0.25, 0.3) is 11.5 Å². The summed E-state index contributed by atoms with van der Waals surface area (Å²) in [6.45, 7) is 0.931. The van der Waals surface area contributed by atoms with Crippen LogP contribution in [0.4, 0.5) is 14.5 Å². The van der Waals surface area contributed by atoms with Crippen LogP contribution in [-0.2, 0) is 16.1 Å². The maximum absolute atomic E-state index is 13.8. The number of hydrogen-bond donors (Lipinski definition) is 3. The Morgan fingerprint density at radius 3 is 2.74 bits per heavy atom. The summed E-state index contributed by atoms with van der Waals surface area (Å²) in [7, 11) is 0. The number of anilines is 1. The summed E-state index contributed by atoms with van der Waals surface area (Å²) >= 11 is 0. The molecule has 0 aliphatic rings. The molecule has 31 heavy (non-hydrogen) atoms. The summed E-state index contributed by atoms with van der Waals surface area (Å²) in [6.07, 6.45) is 1.36. The van der Waals surface area contributed by atoms with Gasteiger partial charge in [0.1, 0.15) is 23.8 Å². The normalized spacial score (nSPS) is 10.7. The first-order valence-corrected chi connectivity index (χ1v) is 9.12. The Morgan fingerprint density at radius 1 is 1.26 bits per heavy atom. The third-order valence-corrected chi connectivity index (χ3v) is 4.30. The fraction of sp³-hybridized carbons (Fsp3) is 0.200. The van der Waals surface area contributed by atoms with Gasteiger partial charge in [-0.15, -0.1) is 4.73 Å². The Hall–Kier alpha value is -4.02. The van der Waals surface area contributed by atoms with E-state index in [2.05, 4.69) is 15.6 Å². The highest BCUT2D eigenvalue weighted by molar-refractivity contribution is 6.06. The molecule has 3 aromatic rings. The molecule has 0 saturated heterocycles. The zero-order valence-corrected chi connectivity index (χ0v) is 16.3. The van der Waals surface area contributed by atoms with E-state index in [-0.39, 0.29) is 46.7 Å². The molecule has 0 aliphatic heterocycles. The molecule has 1 aromatic carbocycles. The summed E-state index contributed by atoms with van der Waals surface area (Å²) < 4.78 is 32.0. The number of esters is 1. The predicted molar refractivity (Wildman–Crippen MR) is 106 cm³/mol. The van der Waals surface area contributed by atoms with Crippen molar-refractivity contribution in [3.05, 3.63) is 69.6 Å². The van der Waals surface area contributed by atoms with E-state index in [1.807, 2.05) is 0 Å². The maximum atomic E-state index is 13.8. The van der Waals surface area contributed by atoms with Gasteiger partial charge in [0.05, 0.1) is 5.69 Å². The highest BCUT2D eigenvalue weighted by Crippen LogP contribution is 2.23. The number of nitrogens with one attached hydrogen (secondary N) is 2. The van der Waals surface area contributed by atoms with E-state index in [9.17, 15) is 28.4 Å². The lowest BCUT2D eigenvalue weighted by Crippen LogP contribution is -2.34. The molecule has 9 nitrogen and oxygen atoms in total. The molecule has 3 rings (SSSR count). The van der Waals surface area contributed by atoms with Crippen molar-refractivity contribution < 1.29 is 28.3 Å². The van der Waals surface area contributed by atoms with E-state index in [0.717, 1.165) is 12.1 Å². The van der Waals surface area contributed by atoms with Gasteiger partial charge in [-0.3, -0.25) is 14.4 Å². The molecular weight excluding hydrogens is 414 g/mol. The first-order valence-electron chi connectivity index (χ1n) is 9.12. The fourth-order valence-electron chi connectivity index (χ4n) is 2.90. The van der Waals surface area contributed by atoms with Crippen LogP contribution in [-0.4, -0.2) is 39.9 Å². The number of benzene rings is 1. The van der Waals surface area contributed by atoms with E-state index in [0.29, 0.717) is 6.07 Å². The van der Waals surface area contributed by atoms with Crippen molar-refractivity contribution in [2.24, 2.45) is 0 Å². The Bertz CT molecular complexity index is 1210. The molecule has 0 aliphatic carbocycles. The number of rotatable bonds is 7. The van der Waals surface area contributed by atoms with E-state index in [1.54, 1.807) is 6.07 Å². The number of hydrogen-bond acceptors (Lipinski definition) is 7. The molecule has 162 valence electrons. The monoisotopic (exact) mass is 432 g/mol. The van der Waals surface area contributed by atoms with Crippen molar-refractivity contribution in [3.63, 3.8) is 0 Å². The highest BCUT2D eigenvalue weighted by Gasteiger charge is 2.23. The standard InChI is InChI=1S/C20H18F2N4O5/c1-11(27)31-8-7-23-17-14-3-2-6-24-18(14)26(30)20(29)16(17)19(28)25-10-12-4-5-13(21)9-15(12)22/h2-6,9,23,30H,7-8,10H2,1H3,(H,25,28). The lowest BCUT2D eigenvalue weighted by atomic mass is 10.1. The van der Waals surface area contributed by atoms with E-state index < -0.39 is 34.6 Å². The predicted octanol–water partition coefficient (Wildman–Crippen LogP) is 1.82. The topological polar surface area (TPSA) is 123 Å². The average molecular weight is 432 g/mol. The molecule has 11 heteroatoms. The summed E-state index contributed by atoms with van der Waals surface area (Å²) in [4.78, 5) is 40.4. The van der Waals surface area contributed by atoms with Crippen LogP contribution in [0.1, 0.15) is 22.8 Å². The molecule has 2 aromatic heterocycles. The smallest absolute Gasteiger partial charge is 0.302 e. The summed E-state index contributed by atoms with van der Waals surface area (Å²) in [6, 6.07) is 5.94. The van der Waals surface area contributed by atoms with Gasteiger partial charge in [0.15, 0.2) is 5.65 Å². The van der Waals surface area contributed by atoms with Crippen LogP contribution < -0.4 is 16.2 Å². The second kappa shape index (κ2) is 9.20. The quantitative estimate of drug-likeness (QED) is 0.296. The molecule has 0 unspecified atom stereocenters. The fourth-order valence-corrected chi connectivity index (χ4v) is 2.90. The zero-order valence-electron chi connectivity index (χ0n) is 16.3. The maximum Gasteiger partial charge on any atom is 0.302 e. The Morgan fingerprint density at radius 2 is 2.03 bits per heavy atom. The van der Waals surface area contributed by atoms with Crippen molar-refractivity contribution in [1.82, 2.24) is 15.0 Å². The molecule has 0 atom stereocenters. The molecule has 0 saturated carbocycles. The minimum Gasteiger partial charge on any atom is -0.464 e. The van der Waals surface area contributed by atoms with Gasteiger partial charge in [-0.2, -0.15) is 0 Å². The highest BCUT2D eigenvalue weighted by atomic mass is 19.1. The van der Waals surface area contributed by atoms with Crippen molar-refractivity contribution in [3.8, 4) is 0 Å². The second-order valence-electron chi connectivity index (χ2n) is 6.43. The van der Waals surface area contributed by atoms with Crippen molar-refractivity contribution in [1.29, 1.82) is 0 Å². The molecule has 1 amide bonds. The largest absolute Gasteiger partial charge is 0.464 e. The Kier molecular flexibility index (Phi) is 6.43. The third-order valence-electron chi connectivity index (χ3n) is 4.30. The van der Waals surface area contributed by atoms with Gasteiger partial charge in [-0.1, -0.05) is 6.07 Å². The number of amides is 1. The van der Waals surface area contributed by atoms with Crippen molar-refractivity contribution in [2.75, 3.05) is 18.5 Å².